The maximum atomic E-state index is 12.9. The number of ketones is 1. The second-order valence-electron chi connectivity index (χ2n) is 4.50. The number of halogens is 1. The van der Waals surface area contributed by atoms with Crippen LogP contribution < -0.4 is 0 Å². The molecule has 0 heterocycles. The summed E-state index contributed by atoms with van der Waals surface area (Å²) in [6.45, 7) is 0. The third-order valence-electron chi connectivity index (χ3n) is 3.43. The average Bonchev–Trinajstić information content (AvgIpc) is 2.33. The Kier molecular flexibility index (Phi) is 3.36. The molecule has 2 rings (SSSR count). The predicted molar refractivity (Wildman–Crippen MR) is 66.0 cm³/mol. The summed E-state index contributed by atoms with van der Waals surface area (Å²) in [5, 5.41) is 0. The highest BCUT2D eigenvalue weighted by Crippen LogP contribution is 2.35. The van der Waals surface area contributed by atoms with Crippen molar-refractivity contribution in [2.24, 2.45) is 4.99 Å². The monoisotopic (exact) mass is 233 g/mol. The van der Waals surface area contributed by atoms with E-state index in [1.165, 1.54) is 12.1 Å². The molecular formula is C14H16FNO. The van der Waals surface area contributed by atoms with Gasteiger partial charge in [0.15, 0.2) is 0 Å². The number of carbonyl (C=O) groups is 1. The van der Waals surface area contributed by atoms with Gasteiger partial charge in [0.25, 0.3) is 0 Å². The van der Waals surface area contributed by atoms with Crippen molar-refractivity contribution in [2.75, 3.05) is 7.05 Å². The zero-order chi connectivity index (χ0) is 12.3. The number of rotatable bonds is 2. The number of hydrogen-bond acceptors (Lipinski definition) is 2. The van der Waals surface area contributed by atoms with Crippen LogP contribution in [0.25, 0.3) is 0 Å². The van der Waals surface area contributed by atoms with E-state index in [1.54, 1.807) is 25.4 Å². The van der Waals surface area contributed by atoms with E-state index in [9.17, 15) is 9.18 Å². The smallest absolute Gasteiger partial charge is 0.148 e. The van der Waals surface area contributed by atoms with E-state index >= 15 is 0 Å². The molecule has 90 valence electrons. The molecule has 1 aromatic rings. The van der Waals surface area contributed by atoms with Crippen LogP contribution in [-0.4, -0.2) is 19.0 Å². The molecule has 0 amide bonds. The SMILES string of the molecule is CN=C[C@]1(c2ccc(F)cc2)CCCCC1=O. The molecule has 1 saturated carbocycles. The summed E-state index contributed by atoms with van der Waals surface area (Å²) in [4.78, 5) is 16.2. The van der Waals surface area contributed by atoms with E-state index in [0.29, 0.717) is 6.42 Å². The molecule has 3 heteroatoms. The van der Waals surface area contributed by atoms with Crippen LogP contribution in [0, 0.1) is 5.82 Å². The van der Waals surface area contributed by atoms with E-state index < -0.39 is 5.41 Å². The van der Waals surface area contributed by atoms with Crippen LogP contribution in [0.5, 0.6) is 0 Å². The second kappa shape index (κ2) is 4.78. The molecule has 0 spiro atoms. The quantitative estimate of drug-likeness (QED) is 0.722. The van der Waals surface area contributed by atoms with Gasteiger partial charge < -0.3 is 0 Å². The van der Waals surface area contributed by atoms with Crippen LogP contribution >= 0.6 is 0 Å². The Bertz CT molecular complexity index is 438. The molecule has 17 heavy (non-hydrogen) atoms. The highest BCUT2D eigenvalue weighted by Gasteiger charge is 2.39. The van der Waals surface area contributed by atoms with Crippen LogP contribution in [-0.2, 0) is 10.2 Å². The maximum Gasteiger partial charge on any atom is 0.148 e. The molecule has 0 radical (unpaired) electrons. The molecule has 1 fully saturated rings. The third-order valence-corrected chi connectivity index (χ3v) is 3.43. The molecule has 1 atom stereocenters. The Hall–Kier alpha value is -1.51. The number of carbonyl (C=O) groups excluding carboxylic acids is 1. The first kappa shape index (κ1) is 12.0. The summed E-state index contributed by atoms with van der Waals surface area (Å²) >= 11 is 0. The Labute approximate surface area is 101 Å². The lowest BCUT2D eigenvalue weighted by molar-refractivity contribution is -0.123. The van der Waals surface area contributed by atoms with Crippen LogP contribution in [0.15, 0.2) is 29.3 Å². The molecule has 2 nitrogen and oxygen atoms in total. The van der Waals surface area contributed by atoms with Gasteiger partial charge >= 0.3 is 0 Å². The molecule has 0 bridgehead atoms. The van der Waals surface area contributed by atoms with Crippen molar-refractivity contribution in [1.29, 1.82) is 0 Å². The van der Waals surface area contributed by atoms with Gasteiger partial charge in [0.05, 0.1) is 5.41 Å². The molecule has 0 aliphatic heterocycles. The Balaban J connectivity index is 2.46. The Morgan fingerprint density at radius 3 is 2.59 bits per heavy atom. The Morgan fingerprint density at radius 1 is 1.29 bits per heavy atom. The summed E-state index contributed by atoms with van der Waals surface area (Å²) in [6, 6.07) is 6.20. The van der Waals surface area contributed by atoms with E-state index in [4.69, 9.17) is 0 Å². The van der Waals surface area contributed by atoms with Crippen molar-refractivity contribution in [3.63, 3.8) is 0 Å². The van der Waals surface area contributed by atoms with Crippen molar-refractivity contribution in [3.8, 4) is 0 Å². The lowest BCUT2D eigenvalue weighted by Gasteiger charge is -2.32. The summed E-state index contributed by atoms with van der Waals surface area (Å²) in [6.07, 6.45) is 5.04. The van der Waals surface area contributed by atoms with Crippen molar-refractivity contribution in [1.82, 2.24) is 0 Å². The fourth-order valence-corrected chi connectivity index (χ4v) is 2.54. The van der Waals surface area contributed by atoms with Gasteiger partial charge in [-0.25, -0.2) is 4.39 Å². The second-order valence-corrected chi connectivity index (χ2v) is 4.50. The van der Waals surface area contributed by atoms with Gasteiger partial charge in [-0.1, -0.05) is 18.6 Å². The fraction of sp³-hybridized carbons (Fsp3) is 0.429. The number of benzene rings is 1. The average molecular weight is 233 g/mol. The van der Waals surface area contributed by atoms with Crippen molar-refractivity contribution < 1.29 is 9.18 Å². The first-order valence-electron chi connectivity index (χ1n) is 5.92. The number of Topliss-reactive ketones (excluding diaryl/α,β-unsaturated/α-hetero) is 1. The van der Waals surface area contributed by atoms with E-state index in [1.807, 2.05) is 0 Å². The highest BCUT2D eigenvalue weighted by atomic mass is 19.1. The topological polar surface area (TPSA) is 29.4 Å². The van der Waals surface area contributed by atoms with Crippen LogP contribution in [0.2, 0.25) is 0 Å². The molecule has 1 aliphatic carbocycles. The van der Waals surface area contributed by atoms with E-state index in [2.05, 4.69) is 4.99 Å². The first-order chi connectivity index (χ1) is 8.19. The molecule has 0 N–H and O–H groups in total. The van der Waals surface area contributed by atoms with Crippen LogP contribution in [0.1, 0.15) is 31.2 Å². The van der Waals surface area contributed by atoms with Crippen molar-refractivity contribution in [3.05, 3.63) is 35.6 Å². The minimum Gasteiger partial charge on any atom is -0.299 e. The van der Waals surface area contributed by atoms with Crippen LogP contribution in [0.4, 0.5) is 4.39 Å². The number of hydrogen-bond donors (Lipinski definition) is 0. The largest absolute Gasteiger partial charge is 0.299 e. The molecule has 1 aliphatic rings. The van der Waals surface area contributed by atoms with Gasteiger partial charge in [-0.3, -0.25) is 9.79 Å². The van der Waals surface area contributed by atoms with E-state index in [-0.39, 0.29) is 11.6 Å². The van der Waals surface area contributed by atoms with Gasteiger partial charge in [-0.05, 0) is 30.5 Å². The first-order valence-corrected chi connectivity index (χ1v) is 5.92. The van der Waals surface area contributed by atoms with Gasteiger partial charge in [-0.2, -0.15) is 0 Å². The summed E-state index contributed by atoms with van der Waals surface area (Å²) in [7, 11) is 1.67. The summed E-state index contributed by atoms with van der Waals surface area (Å²) in [5.41, 5.74) is 0.231. The van der Waals surface area contributed by atoms with Gasteiger partial charge in [0, 0.05) is 19.7 Å². The molecule has 0 aromatic heterocycles. The zero-order valence-electron chi connectivity index (χ0n) is 9.95. The van der Waals surface area contributed by atoms with Crippen molar-refractivity contribution >= 4 is 12.0 Å². The predicted octanol–water partition coefficient (Wildman–Crippen LogP) is 2.91. The van der Waals surface area contributed by atoms with Crippen LogP contribution in [0.3, 0.4) is 0 Å². The molecule has 0 unspecified atom stereocenters. The minimum atomic E-state index is -0.624. The minimum absolute atomic E-state index is 0.195. The fourth-order valence-electron chi connectivity index (χ4n) is 2.54. The lowest BCUT2D eigenvalue weighted by atomic mass is 9.69. The third kappa shape index (κ3) is 2.14. The molecular weight excluding hydrogens is 217 g/mol. The number of nitrogens with zero attached hydrogens (tertiary/aromatic N) is 1. The molecule has 1 aromatic carbocycles. The van der Waals surface area contributed by atoms with Gasteiger partial charge in [0.2, 0.25) is 0 Å². The van der Waals surface area contributed by atoms with Crippen molar-refractivity contribution in [2.45, 2.75) is 31.1 Å². The normalized spacial score (nSPS) is 25.4. The Morgan fingerprint density at radius 2 is 2.00 bits per heavy atom. The summed E-state index contributed by atoms with van der Waals surface area (Å²) < 4.78 is 12.9. The highest BCUT2D eigenvalue weighted by molar-refractivity contribution is 6.06. The molecule has 0 saturated heterocycles. The standard InChI is InChI=1S/C14H16FNO/c1-16-10-14(9-3-2-4-13(14)17)11-5-7-12(15)8-6-11/h5-8,10H,2-4,9H2,1H3/t14-/m0/s1. The van der Waals surface area contributed by atoms with E-state index in [0.717, 1.165) is 24.8 Å². The zero-order valence-corrected chi connectivity index (χ0v) is 9.95. The maximum absolute atomic E-state index is 12.9. The lowest BCUT2D eigenvalue weighted by Crippen LogP contribution is -2.40. The van der Waals surface area contributed by atoms with Gasteiger partial charge in [-0.15, -0.1) is 0 Å². The number of aliphatic imine (C=N–C) groups is 1. The van der Waals surface area contributed by atoms with Gasteiger partial charge in [0.1, 0.15) is 11.6 Å². The summed E-state index contributed by atoms with van der Waals surface area (Å²) in [5.74, 6) is -0.0819.